The van der Waals surface area contributed by atoms with Gasteiger partial charge < -0.3 is 5.11 Å². The van der Waals surface area contributed by atoms with Crippen LogP contribution in [0.4, 0.5) is 0 Å². The lowest BCUT2D eigenvalue weighted by Gasteiger charge is -2.01. The molecule has 0 saturated heterocycles. The van der Waals surface area contributed by atoms with E-state index in [1.807, 2.05) is 13.0 Å². The number of unbranched alkanes of at least 4 members (excludes halogenated alkanes) is 1. The van der Waals surface area contributed by atoms with E-state index >= 15 is 0 Å². The normalized spacial score (nSPS) is 12.4. The summed E-state index contributed by atoms with van der Waals surface area (Å²) in [6, 6.07) is 0. The van der Waals surface area contributed by atoms with Crippen molar-refractivity contribution in [1.82, 2.24) is 0 Å². The average Bonchev–Trinajstić information content (AvgIpc) is 2.37. The van der Waals surface area contributed by atoms with E-state index in [9.17, 15) is 9.59 Å². The molecule has 0 heterocycles. The van der Waals surface area contributed by atoms with Gasteiger partial charge in [0.2, 0.25) is 0 Å². The maximum Gasteiger partial charge on any atom is 0.159 e. The van der Waals surface area contributed by atoms with Crippen LogP contribution in [0.2, 0.25) is 0 Å². The predicted octanol–water partition coefficient (Wildman–Crippen LogP) is 3.15. The summed E-state index contributed by atoms with van der Waals surface area (Å²) in [6.45, 7) is 7.17. The van der Waals surface area contributed by atoms with E-state index < -0.39 is 0 Å². The summed E-state index contributed by atoms with van der Waals surface area (Å²) >= 11 is 0. The molecule has 3 heteroatoms. The third-order valence-electron chi connectivity index (χ3n) is 2.84. The molecule has 0 aromatic heterocycles. The van der Waals surface area contributed by atoms with Crippen LogP contribution in [0.25, 0.3) is 0 Å². The molecule has 0 bridgehead atoms. The molecular weight excluding hydrogens is 240 g/mol. The van der Waals surface area contributed by atoms with E-state index in [2.05, 4.69) is 6.58 Å². The first kappa shape index (κ1) is 17.5. The fourth-order valence-corrected chi connectivity index (χ4v) is 1.54. The van der Waals surface area contributed by atoms with Gasteiger partial charge in [-0.2, -0.15) is 0 Å². The Labute approximate surface area is 115 Å². The second-order valence-electron chi connectivity index (χ2n) is 4.61. The number of hydrogen-bond acceptors (Lipinski definition) is 3. The van der Waals surface area contributed by atoms with Gasteiger partial charge in [-0.25, -0.2) is 0 Å². The zero-order chi connectivity index (χ0) is 14.7. The number of aliphatic hydroxyl groups is 1. The number of carbonyl (C=O) groups is 2. The van der Waals surface area contributed by atoms with Crippen LogP contribution >= 0.6 is 0 Å². The number of allylic oxidation sites excluding steroid dienone is 5. The quantitative estimate of drug-likeness (QED) is 0.374. The number of ketones is 2. The van der Waals surface area contributed by atoms with Crippen molar-refractivity contribution < 1.29 is 14.7 Å². The van der Waals surface area contributed by atoms with Gasteiger partial charge in [0.15, 0.2) is 5.78 Å². The first-order valence-corrected chi connectivity index (χ1v) is 6.64. The maximum absolute atomic E-state index is 11.5. The van der Waals surface area contributed by atoms with Crippen LogP contribution in [0.3, 0.4) is 0 Å². The number of Topliss-reactive ketones (excluding diaryl/α,β-unsaturated/α-hetero) is 2. The van der Waals surface area contributed by atoms with Gasteiger partial charge in [-0.15, -0.1) is 0 Å². The third-order valence-corrected chi connectivity index (χ3v) is 2.84. The Morgan fingerprint density at radius 1 is 1.05 bits per heavy atom. The second-order valence-corrected chi connectivity index (χ2v) is 4.61. The molecular formula is C16H24O3. The monoisotopic (exact) mass is 264 g/mol. The van der Waals surface area contributed by atoms with E-state index in [1.165, 1.54) is 13.0 Å². The Morgan fingerprint density at radius 2 is 1.74 bits per heavy atom. The van der Waals surface area contributed by atoms with E-state index in [4.69, 9.17) is 5.11 Å². The molecule has 0 aliphatic rings. The number of rotatable bonds is 10. The van der Waals surface area contributed by atoms with Crippen LogP contribution in [-0.2, 0) is 9.59 Å². The molecule has 19 heavy (non-hydrogen) atoms. The minimum absolute atomic E-state index is 0.0147. The summed E-state index contributed by atoms with van der Waals surface area (Å²) in [7, 11) is 0. The molecule has 0 radical (unpaired) electrons. The molecule has 3 nitrogen and oxygen atoms in total. The topological polar surface area (TPSA) is 54.4 Å². The number of hydrogen-bond donors (Lipinski definition) is 1. The van der Waals surface area contributed by atoms with Crippen molar-refractivity contribution in [3.05, 3.63) is 36.0 Å². The van der Waals surface area contributed by atoms with Gasteiger partial charge >= 0.3 is 0 Å². The molecule has 0 spiro atoms. The SMILES string of the molecule is C=C/C(=C\C=C(/C)CCC(=O)CCCCO)C(C)=O. The van der Waals surface area contributed by atoms with Crippen LogP contribution in [0, 0.1) is 0 Å². The Balaban J connectivity index is 4.16. The van der Waals surface area contributed by atoms with Crippen LogP contribution in [0.1, 0.15) is 46.0 Å². The summed E-state index contributed by atoms with van der Waals surface area (Å²) in [4.78, 5) is 22.7. The first-order chi connectivity index (χ1) is 9.01. The number of carbonyl (C=O) groups excluding carboxylic acids is 2. The molecule has 0 rings (SSSR count). The summed E-state index contributed by atoms with van der Waals surface area (Å²) < 4.78 is 0. The predicted molar refractivity (Wildman–Crippen MR) is 77.9 cm³/mol. The van der Waals surface area contributed by atoms with E-state index in [-0.39, 0.29) is 18.2 Å². The van der Waals surface area contributed by atoms with Crippen LogP contribution in [0.15, 0.2) is 36.0 Å². The zero-order valence-corrected chi connectivity index (χ0v) is 11.9. The van der Waals surface area contributed by atoms with E-state index in [0.717, 1.165) is 12.0 Å². The summed E-state index contributed by atoms with van der Waals surface area (Å²) in [6.07, 6.45) is 8.33. The molecule has 0 aliphatic carbocycles. The van der Waals surface area contributed by atoms with Crippen molar-refractivity contribution >= 4 is 11.6 Å². The molecule has 106 valence electrons. The highest BCUT2D eigenvalue weighted by atomic mass is 16.3. The molecule has 0 unspecified atom stereocenters. The molecule has 0 aromatic carbocycles. The third kappa shape index (κ3) is 9.14. The summed E-state index contributed by atoms with van der Waals surface area (Å²) in [5, 5.41) is 8.62. The van der Waals surface area contributed by atoms with Crippen molar-refractivity contribution in [2.75, 3.05) is 6.61 Å². The lowest BCUT2D eigenvalue weighted by atomic mass is 10.0. The molecule has 0 aliphatic heterocycles. The fourth-order valence-electron chi connectivity index (χ4n) is 1.54. The Hall–Kier alpha value is -1.48. The van der Waals surface area contributed by atoms with Crippen molar-refractivity contribution in [2.24, 2.45) is 0 Å². The standard InChI is InChI=1S/C16H24O3/c1-4-15(14(3)18)10-8-13(2)9-11-16(19)7-5-6-12-17/h4,8,10,17H,1,5-7,9,11-12H2,2-3H3/b13-8+,15-10+. The lowest BCUT2D eigenvalue weighted by Crippen LogP contribution is -1.98. The zero-order valence-electron chi connectivity index (χ0n) is 11.9. The van der Waals surface area contributed by atoms with Gasteiger partial charge in [0.05, 0.1) is 0 Å². The highest BCUT2D eigenvalue weighted by Crippen LogP contribution is 2.09. The van der Waals surface area contributed by atoms with Crippen LogP contribution < -0.4 is 0 Å². The largest absolute Gasteiger partial charge is 0.396 e. The first-order valence-electron chi connectivity index (χ1n) is 6.64. The van der Waals surface area contributed by atoms with Crippen LogP contribution in [-0.4, -0.2) is 23.3 Å². The molecule has 0 saturated carbocycles. The van der Waals surface area contributed by atoms with E-state index in [0.29, 0.717) is 31.3 Å². The smallest absolute Gasteiger partial charge is 0.159 e. The minimum Gasteiger partial charge on any atom is -0.396 e. The van der Waals surface area contributed by atoms with Gasteiger partial charge in [-0.1, -0.05) is 30.4 Å². The molecule has 1 N–H and O–H groups in total. The average molecular weight is 264 g/mol. The summed E-state index contributed by atoms with van der Waals surface area (Å²) in [5.74, 6) is 0.208. The number of aliphatic hydroxyl groups excluding tert-OH is 1. The summed E-state index contributed by atoms with van der Waals surface area (Å²) in [5.41, 5.74) is 1.64. The molecule has 0 aromatic rings. The Morgan fingerprint density at radius 3 is 2.26 bits per heavy atom. The molecule has 0 atom stereocenters. The van der Waals surface area contributed by atoms with Crippen molar-refractivity contribution in [3.8, 4) is 0 Å². The van der Waals surface area contributed by atoms with Crippen molar-refractivity contribution in [2.45, 2.75) is 46.0 Å². The highest BCUT2D eigenvalue weighted by Gasteiger charge is 2.02. The van der Waals surface area contributed by atoms with Crippen molar-refractivity contribution in [1.29, 1.82) is 0 Å². The van der Waals surface area contributed by atoms with Crippen LogP contribution in [0.5, 0.6) is 0 Å². The highest BCUT2D eigenvalue weighted by molar-refractivity contribution is 5.96. The second kappa shape index (κ2) is 10.4. The molecule has 0 fully saturated rings. The lowest BCUT2D eigenvalue weighted by molar-refractivity contribution is -0.119. The van der Waals surface area contributed by atoms with Gasteiger partial charge in [-0.05, 0) is 33.1 Å². The van der Waals surface area contributed by atoms with Gasteiger partial charge in [0.25, 0.3) is 0 Å². The van der Waals surface area contributed by atoms with Gasteiger partial charge in [0.1, 0.15) is 5.78 Å². The van der Waals surface area contributed by atoms with E-state index in [1.54, 1.807) is 6.08 Å². The maximum atomic E-state index is 11.5. The Bertz CT molecular complexity index is 375. The van der Waals surface area contributed by atoms with Gasteiger partial charge in [-0.3, -0.25) is 9.59 Å². The molecule has 0 amide bonds. The Kier molecular flexibility index (Phi) is 9.63. The fraction of sp³-hybridized carbons (Fsp3) is 0.500. The van der Waals surface area contributed by atoms with Crippen molar-refractivity contribution in [3.63, 3.8) is 0 Å². The van der Waals surface area contributed by atoms with Gasteiger partial charge in [0, 0.05) is 25.0 Å². The minimum atomic E-state index is -0.0147.